The number of rotatable bonds is 4. The Labute approximate surface area is 101 Å². The largest absolute Gasteiger partial charge is 0.259 e. The van der Waals surface area contributed by atoms with Gasteiger partial charge in [-0.1, -0.05) is 37.6 Å². The molecule has 0 aliphatic rings. The van der Waals surface area contributed by atoms with Crippen LogP contribution in [-0.2, 0) is 0 Å². The maximum Gasteiger partial charge on any atom is 0.176 e. The van der Waals surface area contributed by atoms with Crippen LogP contribution in [0.15, 0.2) is 35.6 Å². The number of anilines is 1. The summed E-state index contributed by atoms with van der Waals surface area (Å²) in [6.45, 7) is 4.14. The molecule has 1 aromatic heterocycles. The van der Waals surface area contributed by atoms with Gasteiger partial charge in [-0.15, -0.1) is 5.10 Å². The van der Waals surface area contributed by atoms with E-state index in [1.807, 2.05) is 31.2 Å². The smallest absolute Gasteiger partial charge is 0.176 e. The molecule has 0 fully saturated rings. The summed E-state index contributed by atoms with van der Waals surface area (Å²) in [4.78, 5) is 0. The molecular formula is C13H16N4. The molecule has 0 aliphatic carbocycles. The highest BCUT2D eigenvalue weighted by Crippen LogP contribution is 2.19. The van der Waals surface area contributed by atoms with Gasteiger partial charge in [0.2, 0.25) is 0 Å². The minimum atomic E-state index is 0.707. The molecule has 0 atom stereocenters. The highest BCUT2D eigenvalue weighted by atomic mass is 15.3. The lowest BCUT2D eigenvalue weighted by Gasteiger charge is -2.04. The Balaban J connectivity index is 2.27. The average molecular weight is 228 g/mol. The third kappa shape index (κ3) is 2.78. The molecule has 1 N–H and O–H groups in total. The molecule has 0 radical (unpaired) electrons. The van der Waals surface area contributed by atoms with Crippen molar-refractivity contribution in [2.24, 2.45) is 5.10 Å². The Morgan fingerprint density at radius 2 is 2.18 bits per heavy atom. The average Bonchev–Trinajstić information content (AvgIpc) is 2.36. The SMILES string of the molecule is CCC/C(C)=N\Nc1nncc2ccccc12. The zero-order chi connectivity index (χ0) is 12.1. The van der Waals surface area contributed by atoms with Crippen LogP contribution in [0.4, 0.5) is 5.82 Å². The van der Waals surface area contributed by atoms with E-state index in [1.165, 1.54) is 0 Å². The van der Waals surface area contributed by atoms with Gasteiger partial charge in [0, 0.05) is 16.5 Å². The fraction of sp³-hybridized carbons (Fsp3) is 0.308. The second-order valence-corrected chi connectivity index (χ2v) is 3.99. The Bertz CT molecular complexity index is 528. The number of aromatic nitrogens is 2. The lowest BCUT2D eigenvalue weighted by Crippen LogP contribution is -2.00. The molecule has 0 saturated heterocycles. The zero-order valence-electron chi connectivity index (χ0n) is 10.1. The number of nitrogens with one attached hydrogen (secondary N) is 1. The fourth-order valence-corrected chi connectivity index (χ4v) is 1.68. The zero-order valence-corrected chi connectivity index (χ0v) is 10.1. The Kier molecular flexibility index (Phi) is 3.65. The minimum absolute atomic E-state index is 0.707. The van der Waals surface area contributed by atoms with Crippen molar-refractivity contribution >= 4 is 22.3 Å². The lowest BCUT2D eigenvalue weighted by molar-refractivity contribution is 0.978. The molecule has 0 aliphatic heterocycles. The number of fused-ring (bicyclic) bond motifs is 1. The van der Waals surface area contributed by atoms with Crippen molar-refractivity contribution in [3.05, 3.63) is 30.5 Å². The molecular weight excluding hydrogens is 212 g/mol. The maximum atomic E-state index is 4.30. The van der Waals surface area contributed by atoms with Gasteiger partial charge in [0.25, 0.3) is 0 Å². The van der Waals surface area contributed by atoms with E-state index >= 15 is 0 Å². The topological polar surface area (TPSA) is 50.2 Å². The van der Waals surface area contributed by atoms with Gasteiger partial charge in [-0.3, -0.25) is 5.43 Å². The number of hydrazone groups is 1. The van der Waals surface area contributed by atoms with Crippen LogP contribution in [0, 0.1) is 0 Å². The molecule has 0 unspecified atom stereocenters. The van der Waals surface area contributed by atoms with Crippen molar-refractivity contribution < 1.29 is 0 Å². The van der Waals surface area contributed by atoms with Crippen LogP contribution in [0.2, 0.25) is 0 Å². The molecule has 2 aromatic rings. The second kappa shape index (κ2) is 5.39. The first-order chi connectivity index (χ1) is 8.31. The Morgan fingerprint density at radius 1 is 1.35 bits per heavy atom. The van der Waals surface area contributed by atoms with Crippen molar-refractivity contribution in [1.29, 1.82) is 0 Å². The van der Waals surface area contributed by atoms with E-state index in [0.29, 0.717) is 5.82 Å². The van der Waals surface area contributed by atoms with Gasteiger partial charge in [0.1, 0.15) is 0 Å². The van der Waals surface area contributed by atoms with Crippen LogP contribution in [0.1, 0.15) is 26.7 Å². The van der Waals surface area contributed by atoms with E-state index in [-0.39, 0.29) is 0 Å². The summed E-state index contributed by atoms with van der Waals surface area (Å²) in [5, 5.41) is 14.4. The van der Waals surface area contributed by atoms with E-state index in [4.69, 9.17) is 0 Å². The summed E-state index contributed by atoms with van der Waals surface area (Å²) in [5.41, 5.74) is 4.06. The van der Waals surface area contributed by atoms with Gasteiger partial charge in [0.15, 0.2) is 5.82 Å². The van der Waals surface area contributed by atoms with Crippen LogP contribution >= 0.6 is 0 Å². The Morgan fingerprint density at radius 3 is 3.00 bits per heavy atom. The normalized spacial score (nSPS) is 11.8. The summed E-state index contributed by atoms with van der Waals surface area (Å²) >= 11 is 0. The summed E-state index contributed by atoms with van der Waals surface area (Å²) in [5.74, 6) is 0.707. The first-order valence-corrected chi connectivity index (χ1v) is 5.81. The number of hydrogen-bond donors (Lipinski definition) is 1. The Hall–Kier alpha value is -1.97. The molecule has 17 heavy (non-hydrogen) atoms. The van der Waals surface area contributed by atoms with Gasteiger partial charge in [-0.05, 0) is 13.3 Å². The molecule has 0 saturated carbocycles. The predicted molar refractivity (Wildman–Crippen MR) is 71.2 cm³/mol. The van der Waals surface area contributed by atoms with Crippen molar-refractivity contribution in [2.45, 2.75) is 26.7 Å². The molecule has 4 nitrogen and oxygen atoms in total. The third-order valence-corrected chi connectivity index (χ3v) is 2.53. The molecule has 4 heteroatoms. The van der Waals surface area contributed by atoms with Crippen LogP contribution in [0.3, 0.4) is 0 Å². The second-order valence-electron chi connectivity index (χ2n) is 3.99. The quantitative estimate of drug-likeness (QED) is 0.645. The van der Waals surface area contributed by atoms with E-state index in [2.05, 4.69) is 27.6 Å². The monoisotopic (exact) mass is 228 g/mol. The lowest BCUT2D eigenvalue weighted by atomic mass is 10.2. The minimum Gasteiger partial charge on any atom is -0.259 e. The summed E-state index contributed by atoms with van der Waals surface area (Å²) in [6.07, 6.45) is 3.84. The number of benzene rings is 1. The predicted octanol–water partition coefficient (Wildman–Crippen LogP) is 3.22. The summed E-state index contributed by atoms with van der Waals surface area (Å²) in [6, 6.07) is 7.99. The van der Waals surface area contributed by atoms with Gasteiger partial charge in [-0.2, -0.15) is 10.2 Å². The number of hydrogen-bond acceptors (Lipinski definition) is 4. The van der Waals surface area contributed by atoms with E-state index in [1.54, 1.807) is 6.20 Å². The van der Waals surface area contributed by atoms with E-state index in [9.17, 15) is 0 Å². The van der Waals surface area contributed by atoms with Crippen molar-refractivity contribution in [3.8, 4) is 0 Å². The molecule has 88 valence electrons. The highest BCUT2D eigenvalue weighted by Gasteiger charge is 2.01. The maximum absolute atomic E-state index is 4.30. The number of nitrogens with zero attached hydrogens (tertiary/aromatic N) is 3. The molecule has 1 heterocycles. The molecule has 2 rings (SSSR count). The van der Waals surface area contributed by atoms with Gasteiger partial charge < -0.3 is 0 Å². The summed E-state index contributed by atoms with van der Waals surface area (Å²) < 4.78 is 0. The summed E-state index contributed by atoms with van der Waals surface area (Å²) in [7, 11) is 0. The molecule has 0 amide bonds. The highest BCUT2D eigenvalue weighted by molar-refractivity contribution is 5.91. The molecule has 1 aromatic carbocycles. The van der Waals surface area contributed by atoms with Crippen LogP contribution < -0.4 is 5.43 Å². The van der Waals surface area contributed by atoms with Gasteiger partial charge in [0.05, 0.1) is 6.20 Å². The van der Waals surface area contributed by atoms with Gasteiger partial charge in [-0.25, -0.2) is 0 Å². The van der Waals surface area contributed by atoms with Crippen LogP contribution in [-0.4, -0.2) is 15.9 Å². The molecule has 0 bridgehead atoms. The van der Waals surface area contributed by atoms with E-state index < -0.39 is 0 Å². The van der Waals surface area contributed by atoms with Crippen LogP contribution in [0.5, 0.6) is 0 Å². The van der Waals surface area contributed by atoms with Crippen LogP contribution in [0.25, 0.3) is 10.8 Å². The van der Waals surface area contributed by atoms with Crippen molar-refractivity contribution in [1.82, 2.24) is 10.2 Å². The fourth-order valence-electron chi connectivity index (χ4n) is 1.68. The van der Waals surface area contributed by atoms with Crippen molar-refractivity contribution in [2.75, 3.05) is 5.43 Å². The van der Waals surface area contributed by atoms with E-state index in [0.717, 1.165) is 29.3 Å². The first kappa shape index (κ1) is 11.5. The van der Waals surface area contributed by atoms with Crippen molar-refractivity contribution in [3.63, 3.8) is 0 Å². The molecule has 0 spiro atoms. The third-order valence-electron chi connectivity index (χ3n) is 2.53. The standard InChI is InChI=1S/C13H16N4/c1-3-6-10(2)15-17-13-12-8-5-4-7-11(12)9-14-16-13/h4-5,7-9H,3,6H2,1-2H3,(H,16,17)/b15-10-. The first-order valence-electron chi connectivity index (χ1n) is 5.81. The van der Waals surface area contributed by atoms with Gasteiger partial charge >= 0.3 is 0 Å².